The molecule has 0 bridgehead atoms. The summed E-state index contributed by atoms with van der Waals surface area (Å²) in [7, 11) is 0. The molecule has 0 N–H and O–H groups in total. The first-order chi connectivity index (χ1) is 10.3. The Morgan fingerprint density at radius 3 is 2.24 bits per heavy atom. The molecule has 2 heteroatoms. The predicted octanol–water partition coefficient (Wildman–Crippen LogP) is 4.04. The summed E-state index contributed by atoms with van der Waals surface area (Å²) in [6.45, 7) is 6.17. The van der Waals surface area contributed by atoms with E-state index in [2.05, 4.69) is 79.4 Å². The highest BCUT2D eigenvalue weighted by Gasteiger charge is 2.33. The molecule has 1 aliphatic heterocycles. The second kappa shape index (κ2) is 6.42. The van der Waals surface area contributed by atoms with Gasteiger partial charge in [-0.15, -0.1) is 0 Å². The molecule has 110 valence electrons. The van der Waals surface area contributed by atoms with E-state index in [1.807, 2.05) is 0 Å². The topological polar surface area (TPSA) is 12.5 Å². The molecule has 2 nitrogen and oxygen atoms in total. The molecular formula is C19H23NO. The normalized spacial score (nSPS) is 26.7. The van der Waals surface area contributed by atoms with Gasteiger partial charge in [0, 0.05) is 12.6 Å². The van der Waals surface area contributed by atoms with E-state index in [1.165, 1.54) is 11.1 Å². The summed E-state index contributed by atoms with van der Waals surface area (Å²) in [5, 5.41) is 0. The van der Waals surface area contributed by atoms with Crippen molar-refractivity contribution >= 4 is 0 Å². The van der Waals surface area contributed by atoms with E-state index < -0.39 is 0 Å². The average Bonchev–Trinajstić information content (AvgIpc) is 2.54. The number of ether oxygens (including phenoxy) is 1. The molecule has 0 spiro atoms. The molecule has 0 saturated carbocycles. The average molecular weight is 281 g/mol. The summed E-state index contributed by atoms with van der Waals surface area (Å²) in [6.07, 6.45) is 0.272. The third-order valence-corrected chi connectivity index (χ3v) is 4.51. The van der Waals surface area contributed by atoms with Crippen molar-refractivity contribution in [3.8, 4) is 0 Å². The zero-order valence-corrected chi connectivity index (χ0v) is 12.8. The van der Waals surface area contributed by atoms with E-state index in [0.29, 0.717) is 12.1 Å². The third-order valence-electron chi connectivity index (χ3n) is 4.51. The maximum Gasteiger partial charge on any atom is 0.0700 e. The van der Waals surface area contributed by atoms with Gasteiger partial charge in [-0.1, -0.05) is 60.7 Å². The maximum absolute atomic E-state index is 5.98. The Hall–Kier alpha value is -1.64. The Labute approximate surface area is 127 Å². The molecule has 0 aliphatic carbocycles. The minimum atomic E-state index is 0.272. The third kappa shape index (κ3) is 3.17. The first-order valence-electron chi connectivity index (χ1n) is 7.72. The summed E-state index contributed by atoms with van der Waals surface area (Å²) in [6, 6.07) is 22.1. The van der Waals surface area contributed by atoms with E-state index >= 15 is 0 Å². The summed E-state index contributed by atoms with van der Waals surface area (Å²) in [5.74, 6) is 0. The highest BCUT2D eigenvalue weighted by atomic mass is 16.5. The first kappa shape index (κ1) is 14.3. The number of nitrogens with zero attached hydrogens (tertiary/aromatic N) is 1. The molecule has 3 rings (SSSR count). The highest BCUT2D eigenvalue weighted by molar-refractivity contribution is 5.21. The van der Waals surface area contributed by atoms with Gasteiger partial charge in [-0.05, 0) is 25.0 Å². The van der Waals surface area contributed by atoms with Crippen LogP contribution in [0.25, 0.3) is 0 Å². The van der Waals surface area contributed by atoms with Gasteiger partial charge in [0.1, 0.15) is 0 Å². The maximum atomic E-state index is 5.98. The lowest BCUT2D eigenvalue weighted by Crippen LogP contribution is -2.49. The zero-order chi connectivity index (χ0) is 14.7. The molecule has 1 fully saturated rings. The van der Waals surface area contributed by atoms with Crippen molar-refractivity contribution in [2.24, 2.45) is 0 Å². The monoisotopic (exact) mass is 281 g/mol. The van der Waals surface area contributed by atoms with Gasteiger partial charge in [-0.25, -0.2) is 0 Å². The standard InChI is InChI=1S/C19H23NO/c1-15-16(2)21-14-19(18-11-7-4-8-12-18)20(15)13-17-9-5-3-6-10-17/h3-12,15-16,19H,13-14H2,1-2H3/t15-,16+,19-/m1/s1. The van der Waals surface area contributed by atoms with Gasteiger partial charge in [-0.3, -0.25) is 4.90 Å². The Bertz CT molecular complexity index is 554. The van der Waals surface area contributed by atoms with Crippen molar-refractivity contribution in [2.75, 3.05) is 6.61 Å². The summed E-state index contributed by atoms with van der Waals surface area (Å²) in [5.41, 5.74) is 2.70. The molecule has 0 amide bonds. The molecule has 0 aromatic heterocycles. The predicted molar refractivity (Wildman–Crippen MR) is 86.0 cm³/mol. The summed E-state index contributed by atoms with van der Waals surface area (Å²) >= 11 is 0. The highest BCUT2D eigenvalue weighted by Crippen LogP contribution is 2.31. The van der Waals surface area contributed by atoms with Gasteiger partial charge in [0.25, 0.3) is 0 Å². The lowest BCUT2D eigenvalue weighted by Gasteiger charge is -2.44. The fourth-order valence-corrected chi connectivity index (χ4v) is 3.04. The smallest absolute Gasteiger partial charge is 0.0700 e. The van der Waals surface area contributed by atoms with Crippen LogP contribution < -0.4 is 0 Å². The van der Waals surface area contributed by atoms with Crippen molar-refractivity contribution in [3.63, 3.8) is 0 Å². The summed E-state index contributed by atoms with van der Waals surface area (Å²) in [4.78, 5) is 2.57. The van der Waals surface area contributed by atoms with E-state index in [0.717, 1.165) is 13.2 Å². The van der Waals surface area contributed by atoms with Gasteiger partial charge in [0.05, 0.1) is 18.8 Å². The van der Waals surface area contributed by atoms with E-state index in [9.17, 15) is 0 Å². The van der Waals surface area contributed by atoms with Crippen LogP contribution in [-0.2, 0) is 11.3 Å². The minimum absolute atomic E-state index is 0.272. The molecule has 0 radical (unpaired) electrons. The minimum Gasteiger partial charge on any atom is -0.375 e. The van der Waals surface area contributed by atoms with Crippen LogP contribution in [0.5, 0.6) is 0 Å². The molecule has 3 atom stereocenters. The van der Waals surface area contributed by atoms with Gasteiger partial charge in [0.15, 0.2) is 0 Å². The van der Waals surface area contributed by atoms with Crippen LogP contribution in [0.3, 0.4) is 0 Å². The van der Waals surface area contributed by atoms with Crippen LogP contribution in [0.2, 0.25) is 0 Å². The van der Waals surface area contributed by atoms with Gasteiger partial charge >= 0.3 is 0 Å². The molecule has 21 heavy (non-hydrogen) atoms. The quantitative estimate of drug-likeness (QED) is 0.842. The Morgan fingerprint density at radius 1 is 0.952 bits per heavy atom. The molecule has 2 aromatic rings. The molecule has 1 aliphatic rings. The fraction of sp³-hybridized carbons (Fsp3) is 0.368. The Kier molecular flexibility index (Phi) is 4.37. The van der Waals surface area contributed by atoms with Gasteiger partial charge < -0.3 is 4.74 Å². The second-order valence-electron chi connectivity index (χ2n) is 5.86. The van der Waals surface area contributed by atoms with Crippen LogP contribution in [0, 0.1) is 0 Å². The Morgan fingerprint density at radius 2 is 1.57 bits per heavy atom. The lowest BCUT2D eigenvalue weighted by molar-refractivity contribution is -0.0955. The molecular weight excluding hydrogens is 258 g/mol. The van der Waals surface area contributed by atoms with E-state index in [-0.39, 0.29) is 6.10 Å². The summed E-state index contributed by atoms with van der Waals surface area (Å²) < 4.78 is 5.98. The number of hydrogen-bond acceptors (Lipinski definition) is 2. The van der Waals surface area contributed by atoms with Crippen molar-refractivity contribution in [2.45, 2.75) is 38.6 Å². The van der Waals surface area contributed by atoms with Crippen molar-refractivity contribution in [1.82, 2.24) is 4.90 Å². The van der Waals surface area contributed by atoms with Crippen molar-refractivity contribution in [3.05, 3.63) is 71.8 Å². The lowest BCUT2D eigenvalue weighted by atomic mass is 9.99. The SMILES string of the molecule is C[C@@H]1OC[C@H](c2ccccc2)N(Cc2ccccc2)[C@@H]1C. The number of benzene rings is 2. The van der Waals surface area contributed by atoms with Crippen LogP contribution >= 0.6 is 0 Å². The van der Waals surface area contributed by atoms with Gasteiger partial charge in [0.2, 0.25) is 0 Å². The molecule has 0 unspecified atom stereocenters. The number of rotatable bonds is 3. The first-order valence-corrected chi connectivity index (χ1v) is 7.72. The van der Waals surface area contributed by atoms with Crippen molar-refractivity contribution in [1.29, 1.82) is 0 Å². The molecule has 1 saturated heterocycles. The zero-order valence-electron chi connectivity index (χ0n) is 12.8. The largest absolute Gasteiger partial charge is 0.375 e. The fourth-order valence-electron chi connectivity index (χ4n) is 3.04. The van der Waals surface area contributed by atoms with Crippen LogP contribution in [-0.4, -0.2) is 23.7 Å². The second-order valence-corrected chi connectivity index (χ2v) is 5.86. The molecule has 2 aromatic carbocycles. The number of hydrogen-bond donors (Lipinski definition) is 0. The number of morpholine rings is 1. The molecule has 1 heterocycles. The van der Waals surface area contributed by atoms with E-state index in [4.69, 9.17) is 4.74 Å². The van der Waals surface area contributed by atoms with E-state index in [1.54, 1.807) is 0 Å². The van der Waals surface area contributed by atoms with Crippen molar-refractivity contribution < 1.29 is 4.74 Å². The van der Waals surface area contributed by atoms with Crippen LogP contribution in [0.1, 0.15) is 31.0 Å². The van der Waals surface area contributed by atoms with Crippen LogP contribution in [0.15, 0.2) is 60.7 Å². The Balaban J connectivity index is 1.87. The van der Waals surface area contributed by atoms with Crippen LogP contribution in [0.4, 0.5) is 0 Å². The van der Waals surface area contributed by atoms with Gasteiger partial charge in [-0.2, -0.15) is 0 Å².